The molecule has 2 rings (SSSR count). The van der Waals surface area contributed by atoms with Crippen LogP contribution in [0.25, 0.3) is 0 Å². The van der Waals surface area contributed by atoms with Crippen LogP contribution in [-0.4, -0.2) is 22.9 Å². The molecule has 0 aliphatic carbocycles. The van der Waals surface area contributed by atoms with Crippen molar-refractivity contribution in [1.29, 1.82) is 0 Å². The lowest BCUT2D eigenvalue weighted by Crippen LogP contribution is -2.34. The molecule has 4 heteroatoms. The van der Waals surface area contributed by atoms with Crippen LogP contribution < -0.4 is 5.32 Å². The highest BCUT2D eigenvalue weighted by Gasteiger charge is 2.11. The van der Waals surface area contributed by atoms with E-state index >= 15 is 0 Å². The molecule has 0 saturated carbocycles. The molecule has 1 atom stereocenters. The summed E-state index contributed by atoms with van der Waals surface area (Å²) in [4.78, 5) is 0. The number of halogens is 1. The predicted octanol–water partition coefficient (Wildman–Crippen LogP) is 2.22. The molecule has 0 bridgehead atoms. The van der Waals surface area contributed by atoms with Gasteiger partial charge < -0.3 is 15.5 Å². The quantitative estimate of drug-likeness (QED) is 0.757. The van der Waals surface area contributed by atoms with E-state index in [4.69, 9.17) is 0 Å². The van der Waals surface area contributed by atoms with Crippen LogP contribution in [0, 0.1) is 5.82 Å². The third kappa shape index (κ3) is 3.79. The summed E-state index contributed by atoms with van der Waals surface area (Å²) in [7, 11) is 0. The van der Waals surface area contributed by atoms with E-state index in [0.29, 0.717) is 18.5 Å². The van der Waals surface area contributed by atoms with Crippen LogP contribution in [0.1, 0.15) is 11.1 Å². The van der Waals surface area contributed by atoms with Gasteiger partial charge in [0.05, 0.1) is 6.61 Å². The van der Waals surface area contributed by atoms with E-state index in [-0.39, 0.29) is 18.4 Å². The van der Waals surface area contributed by atoms with Gasteiger partial charge >= 0.3 is 0 Å². The standard InChI is InChI=1S/C16H18FNO2/c17-15-8-4-7-13(16(15)20)10-18-14(11-19)9-12-5-2-1-3-6-12/h1-8,14,18-20H,9-11H2. The second-order valence-electron chi connectivity index (χ2n) is 4.70. The molecule has 3 nitrogen and oxygen atoms in total. The van der Waals surface area contributed by atoms with Crippen LogP contribution in [0.4, 0.5) is 4.39 Å². The van der Waals surface area contributed by atoms with Crippen molar-refractivity contribution in [2.24, 2.45) is 0 Å². The number of para-hydroxylation sites is 1. The number of benzene rings is 2. The van der Waals surface area contributed by atoms with E-state index in [0.717, 1.165) is 5.56 Å². The lowest BCUT2D eigenvalue weighted by atomic mass is 10.1. The highest BCUT2D eigenvalue weighted by molar-refractivity contribution is 5.33. The van der Waals surface area contributed by atoms with Crippen molar-refractivity contribution in [2.75, 3.05) is 6.61 Å². The molecule has 2 aromatic carbocycles. The summed E-state index contributed by atoms with van der Waals surface area (Å²) in [6.07, 6.45) is 0.674. The first kappa shape index (κ1) is 14.5. The normalized spacial score (nSPS) is 12.3. The smallest absolute Gasteiger partial charge is 0.165 e. The number of hydrogen-bond donors (Lipinski definition) is 3. The maximum Gasteiger partial charge on any atom is 0.165 e. The van der Waals surface area contributed by atoms with Gasteiger partial charge in [0.25, 0.3) is 0 Å². The van der Waals surface area contributed by atoms with E-state index in [1.807, 2.05) is 30.3 Å². The molecule has 0 spiro atoms. The average molecular weight is 275 g/mol. The Morgan fingerprint density at radius 3 is 2.50 bits per heavy atom. The molecule has 0 aliphatic rings. The van der Waals surface area contributed by atoms with Crippen LogP contribution in [0.3, 0.4) is 0 Å². The van der Waals surface area contributed by atoms with Crippen molar-refractivity contribution in [2.45, 2.75) is 19.0 Å². The first-order chi connectivity index (χ1) is 9.70. The number of phenolic OH excluding ortho intramolecular Hbond substituents is 1. The van der Waals surface area contributed by atoms with Gasteiger partial charge in [-0.1, -0.05) is 42.5 Å². The lowest BCUT2D eigenvalue weighted by Gasteiger charge is -2.17. The predicted molar refractivity (Wildman–Crippen MR) is 75.9 cm³/mol. The summed E-state index contributed by atoms with van der Waals surface area (Å²) in [6.45, 7) is 0.284. The zero-order valence-electron chi connectivity index (χ0n) is 11.1. The van der Waals surface area contributed by atoms with Gasteiger partial charge in [0.2, 0.25) is 0 Å². The van der Waals surface area contributed by atoms with Crippen molar-refractivity contribution in [3.63, 3.8) is 0 Å². The molecule has 0 aromatic heterocycles. The molecule has 2 aromatic rings. The van der Waals surface area contributed by atoms with Crippen molar-refractivity contribution < 1.29 is 14.6 Å². The number of nitrogens with one attached hydrogen (secondary N) is 1. The van der Waals surface area contributed by atoms with Gasteiger partial charge in [-0.3, -0.25) is 0 Å². The topological polar surface area (TPSA) is 52.5 Å². The van der Waals surface area contributed by atoms with Crippen molar-refractivity contribution in [3.8, 4) is 5.75 Å². The van der Waals surface area contributed by atoms with E-state index < -0.39 is 5.82 Å². The summed E-state index contributed by atoms with van der Waals surface area (Å²) in [6, 6.07) is 14.1. The largest absolute Gasteiger partial charge is 0.505 e. The van der Waals surface area contributed by atoms with Crippen LogP contribution >= 0.6 is 0 Å². The van der Waals surface area contributed by atoms with Crippen molar-refractivity contribution in [1.82, 2.24) is 5.32 Å². The summed E-state index contributed by atoms with van der Waals surface area (Å²) >= 11 is 0. The molecule has 0 amide bonds. The van der Waals surface area contributed by atoms with Gasteiger partial charge in [0.1, 0.15) is 0 Å². The zero-order valence-corrected chi connectivity index (χ0v) is 11.1. The van der Waals surface area contributed by atoms with E-state index in [2.05, 4.69) is 5.32 Å². The number of aliphatic hydroxyl groups is 1. The second-order valence-corrected chi connectivity index (χ2v) is 4.70. The van der Waals surface area contributed by atoms with Gasteiger partial charge in [0.15, 0.2) is 11.6 Å². The minimum Gasteiger partial charge on any atom is -0.505 e. The molecule has 0 heterocycles. The fraction of sp³-hybridized carbons (Fsp3) is 0.250. The summed E-state index contributed by atoms with van der Waals surface area (Å²) < 4.78 is 13.2. The highest BCUT2D eigenvalue weighted by atomic mass is 19.1. The minimum absolute atomic E-state index is 0.0228. The molecule has 0 radical (unpaired) electrons. The Morgan fingerprint density at radius 1 is 1.05 bits per heavy atom. The van der Waals surface area contributed by atoms with Gasteiger partial charge in [-0.25, -0.2) is 4.39 Å². The molecule has 106 valence electrons. The number of aliphatic hydroxyl groups excluding tert-OH is 1. The minimum atomic E-state index is -0.632. The fourth-order valence-corrected chi connectivity index (χ4v) is 2.06. The third-order valence-corrected chi connectivity index (χ3v) is 3.20. The number of aromatic hydroxyl groups is 1. The Balaban J connectivity index is 1.95. The molecule has 0 aliphatic heterocycles. The maximum atomic E-state index is 13.2. The Labute approximate surface area is 117 Å². The Hall–Kier alpha value is -1.91. The zero-order chi connectivity index (χ0) is 14.4. The van der Waals surface area contributed by atoms with Gasteiger partial charge in [0, 0.05) is 18.2 Å². The van der Waals surface area contributed by atoms with E-state index in [9.17, 15) is 14.6 Å². The lowest BCUT2D eigenvalue weighted by molar-refractivity contribution is 0.240. The van der Waals surface area contributed by atoms with Gasteiger partial charge in [-0.15, -0.1) is 0 Å². The molecule has 0 saturated heterocycles. The van der Waals surface area contributed by atoms with Crippen molar-refractivity contribution >= 4 is 0 Å². The number of hydrogen-bond acceptors (Lipinski definition) is 3. The Kier molecular flexibility index (Phi) is 5.09. The molecular formula is C16H18FNO2. The maximum absolute atomic E-state index is 13.2. The molecular weight excluding hydrogens is 257 g/mol. The van der Waals surface area contributed by atoms with Crippen LogP contribution in [-0.2, 0) is 13.0 Å². The van der Waals surface area contributed by atoms with Crippen LogP contribution in [0.5, 0.6) is 5.75 Å². The van der Waals surface area contributed by atoms with Crippen LogP contribution in [0.15, 0.2) is 48.5 Å². The molecule has 20 heavy (non-hydrogen) atoms. The summed E-state index contributed by atoms with van der Waals surface area (Å²) in [5.41, 5.74) is 1.60. The highest BCUT2D eigenvalue weighted by Crippen LogP contribution is 2.20. The van der Waals surface area contributed by atoms with Crippen molar-refractivity contribution in [3.05, 3.63) is 65.5 Å². The Bertz CT molecular complexity index is 545. The molecule has 3 N–H and O–H groups in total. The van der Waals surface area contributed by atoms with Gasteiger partial charge in [-0.2, -0.15) is 0 Å². The van der Waals surface area contributed by atoms with Crippen LogP contribution in [0.2, 0.25) is 0 Å². The summed E-state index contributed by atoms with van der Waals surface area (Å²) in [5.74, 6) is -0.968. The third-order valence-electron chi connectivity index (χ3n) is 3.20. The van der Waals surface area contributed by atoms with E-state index in [1.54, 1.807) is 12.1 Å². The van der Waals surface area contributed by atoms with Gasteiger partial charge in [-0.05, 0) is 18.1 Å². The average Bonchev–Trinajstić information content (AvgIpc) is 2.48. The van der Waals surface area contributed by atoms with E-state index in [1.165, 1.54) is 6.07 Å². The number of rotatable bonds is 6. The first-order valence-corrected chi connectivity index (χ1v) is 6.55. The second kappa shape index (κ2) is 7.03. The first-order valence-electron chi connectivity index (χ1n) is 6.55. The fourth-order valence-electron chi connectivity index (χ4n) is 2.06. The Morgan fingerprint density at radius 2 is 1.80 bits per heavy atom. The molecule has 0 fully saturated rings. The summed E-state index contributed by atoms with van der Waals surface area (Å²) in [5, 5.41) is 22.1. The monoisotopic (exact) mass is 275 g/mol. The number of phenols is 1. The SMILES string of the molecule is OCC(Cc1ccccc1)NCc1cccc(F)c1O. The molecule has 1 unspecified atom stereocenters.